The Bertz CT molecular complexity index is 776. The van der Waals surface area contributed by atoms with Gasteiger partial charge in [0.2, 0.25) is 0 Å². The molecule has 0 bridgehead atoms. The molecule has 2 aromatic carbocycles. The Morgan fingerprint density at radius 3 is 2.73 bits per heavy atom. The third kappa shape index (κ3) is 2.52. The van der Waals surface area contributed by atoms with Crippen LogP contribution in [0, 0.1) is 0 Å². The van der Waals surface area contributed by atoms with Crippen molar-refractivity contribution in [2.75, 3.05) is 0 Å². The molecule has 0 fully saturated rings. The van der Waals surface area contributed by atoms with Gasteiger partial charge in [-0.1, -0.05) is 54.3 Å². The lowest BCUT2D eigenvalue weighted by Gasteiger charge is -2.30. The molecule has 0 amide bonds. The Labute approximate surface area is 137 Å². The van der Waals surface area contributed by atoms with Crippen LogP contribution in [0.3, 0.4) is 0 Å². The van der Waals surface area contributed by atoms with Crippen LogP contribution in [-0.4, -0.2) is 7.85 Å². The summed E-state index contributed by atoms with van der Waals surface area (Å²) in [4.78, 5) is 1.33. The summed E-state index contributed by atoms with van der Waals surface area (Å²) in [5, 5.41) is 2.13. The average Bonchev–Trinajstić information content (AvgIpc) is 3.09. The zero-order chi connectivity index (χ0) is 14.9. The zero-order valence-corrected chi connectivity index (χ0v) is 13.2. The summed E-state index contributed by atoms with van der Waals surface area (Å²) in [5.41, 5.74) is 5.55. The summed E-state index contributed by atoms with van der Waals surface area (Å²) in [5.74, 6) is 0.671. The predicted molar refractivity (Wildman–Crippen MR) is 95.9 cm³/mol. The van der Waals surface area contributed by atoms with Crippen molar-refractivity contribution in [1.82, 2.24) is 0 Å². The quantitative estimate of drug-likeness (QED) is 0.552. The number of hydrogen-bond donors (Lipinski definition) is 0. The first-order valence-corrected chi connectivity index (χ1v) is 8.66. The van der Waals surface area contributed by atoms with Crippen molar-refractivity contribution in [3.05, 3.63) is 82.7 Å². The van der Waals surface area contributed by atoms with Crippen molar-refractivity contribution in [1.29, 1.82) is 0 Å². The molecule has 0 unspecified atom stereocenters. The molecule has 3 aromatic rings. The Kier molecular flexibility index (Phi) is 3.63. The monoisotopic (exact) mass is 300 g/mol. The van der Waals surface area contributed by atoms with Gasteiger partial charge >= 0.3 is 0 Å². The van der Waals surface area contributed by atoms with Crippen molar-refractivity contribution in [3.8, 4) is 10.4 Å². The largest absolute Gasteiger partial charge is 0.144 e. The molecule has 0 N–H and O–H groups in total. The number of rotatable bonds is 2. The second-order valence-corrected chi connectivity index (χ2v) is 7.00. The molecule has 0 nitrogen and oxygen atoms in total. The highest BCUT2D eigenvalue weighted by atomic mass is 32.1. The fraction of sp³-hybridized carbons (Fsp3) is 0.200. The van der Waals surface area contributed by atoms with Crippen LogP contribution in [0.15, 0.2) is 66.0 Å². The van der Waals surface area contributed by atoms with E-state index in [0.29, 0.717) is 5.92 Å². The van der Waals surface area contributed by atoms with Gasteiger partial charge in [-0.25, -0.2) is 0 Å². The Morgan fingerprint density at radius 1 is 0.955 bits per heavy atom. The lowest BCUT2D eigenvalue weighted by Crippen LogP contribution is -2.16. The summed E-state index contributed by atoms with van der Waals surface area (Å²) in [7, 11) is 6.31. The van der Waals surface area contributed by atoms with Crippen LogP contribution in [-0.2, 0) is 6.42 Å². The van der Waals surface area contributed by atoms with Crippen LogP contribution < -0.4 is 0 Å². The minimum Gasteiger partial charge on any atom is -0.144 e. The van der Waals surface area contributed by atoms with E-state index in [1.807, 2.05) is 0 Å². The SMILES string of the molecule is [B][C@H]1Cc2ccccc2[C@H](c2cccc(-c3cccs3)c2)C1. The number of benzene rings is 2. The van der Waals surface area contributed by atoms with Gasteiger partial charge < -0.3 is 0 Å². The van der Waals surface area contributed by atoms with E-state index in [9.17, 15) is 0 Å². The van der Waals surface area contributed by atoms with E-state index >= 15 is 0 Å². The minimum absolute atomic E-state index is 0.255. The lowest BCUT2D eigenvalue weighted by molar-refractivity contribution is 0.615. The average molecular weight is 300 g/mol. The Balaban J connectivity index is 1.78. The van der Waals surface area contributed by atoms with Crippen LogP contribution in [0.2, 0.25) is 5.82 Å². The molecule has 1 aromatic heterocycles. The maximum absolute atomic E-state index is 6.31. The number of fused-ring (bicyclic) bond motifs is 1. The van der Waals surface area contributed by atoms with Gasteiger partial charge in [-0.3, -0.25) is 0 Å². The first-order valence-electron chi connectivity index (χ1n) is 7.78. The van der Waals surface area contributed by atoms with Gasteiger partial charge in [0.15, 0.2) is 0 Å². The van der Waals surface area contributed by atoms with Crippen molar-refractivity contribution >= 4 is 19.2 Å². The highest BCUT2D eigenvalue weighted by Gasteiger charge is 2.25. The molecule has 0 spiro atoms. The molecule has 2 heteroatoms. The molecular formula is C20H17BS. The van der Waals surface area contributed by atoms with E-state index in [2.05, 4.69) is 66.0 Å². The first-order chi connectivity index (χ1) is 10.8. The van der Waals surface area contributed by atoms with Gasteiger partial charge in [-0.2, -0.15) is 0 Å². The molecule has 1 aliphatic carbocycles. The molecule has 1 aliphatic rings. The molecular weight excluding hydrogens is 283 g/mol. The summed E-state index contributed by atoms with van der Waals surface area (Å²) in [6.07, 6.45) is 2.03. The standard InChI is InChI=1S/C20H17BS/c21-17-12-15-5-1-2-8-18(15)19(13-17)14-6-3-7-16(11-14)20-9-4-10-22-20/h1-11,17,19H,12-13H2/t17-,19-/m0/s1. The number of hydrogen-bond acceptors (Lipinski definition) is 1. The molecule has 22 heavy (non-hydrogen) atoms. The van der Waals surface area contributed by atoms with Gasteiger partial charge in [-0.05, 0) is 52.6 Å². The molecule has 4 rings (SSSR count). The highest BCUT2D eigenvalue weighted by Crippen LogP contribution is 2.41. The van der Waals surface area contributed by atoms with Crippen molar-refractivity contribution in [2.24, 2.45) is 0 Å². The third-order valence-corrected chi connectivity index (χ3v) is 5.46. The lowest BCUT2D eigenvalue weighted by atomic mass is 9.67. The maximum Gasteiger partial charge on any atom is 0.0704 e. The van der Waals surface area contributed by atoms with Gasteiger partial charge in [0.25, 0.3) is 0 Å². The van der Waals surface area contributed by atoms with Gasteiger partial charge in [-0.15, -0.1) is 11.3 Å². The topological polar surface area (TPSA) is 0 Å². The Hall–Kier alpha value is -1.80. The normalized spacial score (nSPS) is 20.5. The van der Waals surface area contributed by atoms with Gasteiger partial charge in [0.05, 0.1) is 7.85 Å². The molecule has 0 saturated carbocycles. The van der Waals surface area contributed by atoms with Gasteiger partial charge in [0.1, 0.15) is 0 Å². The fourth-order valence-electron chi connectivity index (χ4n) is 3.52. The second-order valence-electron chi connectivity index (χ2n) is 6.05. The van der Waals surface area contributed by atoms with Crippen molar-refractivity contribution in [3.63, 3.8) is 0 Å². The van der Waals surface area contributed by atoms with E-state index in [1.54, 1.807) is 11.3 Å². The van der Waals surface area contributed by atoms with E-state index in [4.69, 9.17) is 7.85 Å². The molecule has 2 atom stereocenters. The smallest absolute Gasteiger partial charge is 0.0704 e. The van der Waals surface area contributed by atoms with Crippen LogP contribution in [0.25, 0.3) is 10.4 Å². The maximum atomic E-state index is 6.31. The number of thiophene rings is 1. The fourth-order valence-corrected chi connectivity index (χ4v) is 4.25. The molecule has 0 saturated heterocycles. The van der Waals surface area contributed by atoms with Crippen LogP contribution >= 0.6 is 11.3 Å². The van der Waals surface area contributed by atoms with E-state index < -0.39 is 0 Å². The summed E-state index contributed by atoms with van der Waals surface area (Å²) < 4.78 is 0. The van der Waals surface area contributed by atoms with Crippen LogP contribution in [0.5, 0.6) is 0 Å². The predicted octanol–water partition coefficient (Wildman–Crippen LogP) is 5.45. The second kappa shape index (κ2) is 5.77. The van der Waals surface area contributed by atoms with E-state index in [1.165, 1.54) is 27.1 Å². The van der Waals surface area contributed by atoms with E-state index in [-0.39, 0.29) is 5.82 Å². The first kappa shape index (κ1) is 13.8. The third-order valence-electron chi connectivity index (χ3n) is 4.55. The van der Waals surface area contributed by atoms with Crippen LogP contribution in [0.4, 0.5) is 0 Å². The molecule has 2 radical (unpaired) electrons. The molecule has 0 aliphatic heterocycles. The highest BCUT2D eigenvalue weighted by molar-refractivity contribution is 7.13. The summed E-state index contributed by atoms with van der Waals surface area (Å²) in [6, 6.07) is 22.0. The summed E-state index contributed by atoms with van der Waals surface area (Å²) in [6.45, 7) is 0. The van der Waals surface area contributed by atoms with Crippen molar-refractivity contribution < 1.29 is 0 Å². The Morgan fingerprint density at radius 2 is 1.86 bits per heavy atom. The van der Waals surface area contributed by atoms with Gasteiger partial charge in [0, 0.05) is 10.8 Å². The van der Waals surface area contributed by atoms with Crippen LogP contribution in [0.1, 0.15) is 29.0 Å². The zero-order valence-electron chi connectivity index (χ0n) is 12.4. The van der Waals surface area contributed by atoms with E-state index in [0.717, 1.165) is 12.8 Å². The summed E-state index contributed by atoms with van der Waals surface area (Å²) >= 11 is 1.79. The minimum atomic E-state index is 0.255. The van der Waals surface area contributed by atoms with Crippen molar-refractivity contribution in [2.45, 2.75) is 24.6 Å². The molecule has 106 valence electrons. The molecule has 1 heterocycles.